The lowest BCUT2D eigenvalue weighted by atomic mass is 10.1. The first kappa shape index (κ1) is 26.4. The minimum absolute atomic E-state index is 0.0927. The number of amides is 2. The van der Waals surface area contributed by atoms with E-state index in [1.165, 1.54) is 0 Å². The fourth-order valence-corrected chi connectivity index (χ4v) is 4.29. The Labute approximate surface area is 217 Å². The van der Waals surface area contributed by atoms with Crippen LogP contribution in [0.4, 0.5) is 4.79 Å². The van der Waals surface area contributed by atoms with Gasteiger partial charge < -0.3 is 28.8 Å². The Morgan fingerprint density at radius 2 is 2.03 bits per heavy atom. The van der Waals surface area contributed by atoms with Crippen LogP contribution in [0.25, 0.3) is 16.9 Å². The molecule has 0 radical (unpaired) electrons. The summed E-state index contributed by atoms with van der Waals surface area (Å²) in [6, 6.07) is 1.41. The molecule has 0 saturated carbocycles. The maximum absolute atomic E-state index is 13.1. The first-order valence-corrected chi connectivity index (χ1v) is 12.8. The Bertz CT molecular complexity index is 1230. The zero-order valence-corrected chi connectivity index (χ0v) is 22.0. The largest absolute Gasteiger partial charge is 0.494 e. The molecule has 10 heteroatoms. The molecule has 4 bridgehead atoms. The Balaban J connectivity index is 1.72. The lowest BCUT2D eigenvalue weighted by molar-refractivity contribution is 0.117. The summed E-state index contributed by atoms with van der Waals surface area (Å²) in [7, 11) is 1.60. The van der Waals surface area contributed by atoms with E-state index in [-0.39, 0.29) is 18.1 Å². The number of methoxy groups -OCH3 is 1. The fraction of sp³-hybridized carbons (Fsp3) is 0.481. The van der Waals surface area contributed by atoms with Crippen LogP contribution in [-0.4, -0.2) is 69.8 Å². The second-order valence-electron chi connectivity index (χ2n) is 8.98. The quantitative estimate of drug-likeness (QED) is 0.511. The number of hydrogen-bond acceptors (Lipinski definition) is 7. The molecule has 4 rings (SSSR count). The van der Waals surface area contributed by atoms with Crippen molar-refractivity contribution >= 4 is 11.7 Å². The molecule has 1 N–H and O–H groups in total. The Morgan fingerprint density at radius 1 is 1.19 bits per heavy atom. The molecule has 3 aromatic heterocycles. The number of aromatic nitrogens is 4. The highest BCUT2D eigenvalue weighted by atomic mass is 16.5. The zero-order chi connectivity index (χ0) is 26.2. The number of rotatable bonds is 2. The molecule has 1 aliphatic rings. The van der Waals surface area contributed by atoms with Crippen LogP contribution >= 0.6 is 0 Å². The molecule has 0 fully saturated rings. The summed E-state index contributed by atoms with van der Waals surface area (Å²) in [5.74, 6) is 1.02. The molecule has 37 heavy (non-hydrogen) atoms. The van der Waals surface area contributed by atoms with E-state index in [2.05, 4.69) is 21.4 Å². The zero-order valence-electron chi connectivity index (χ0n) is 22.0. The topological polar surface area (TPSA) is 103 Å². The van der Waals surface area contributed by atoms with E-state index in [0.717, 1.165) is 30.5 Å². The third kappa shape index (κ3) is 6.37. The van der Waals surface area contributed by atoms with E-state index in [9.17, 15) is 4.79 Å². The number of nitrogens with zero attached hydrogens (tertiary/aromatic N) is 5. The second-order valence-corrected chi connectivity index (χ2v) is 8.98. The molecule has 2 amide bonds. The van der Waals surface area contributed by atoms with Crippen molar-refractivity contribution < 1.29 is 19.0 Å². The van der Waals surface area contributed by atoms with Crippen molar-refractivity contribution in [3.63, 3.8) is 0 Å². The first-order valence-electron chi connectivity index (χ1n) is 12.8. The molecule has 198 valence electrons. The van der Waals surface area contributed by atoms with Gasteiger partial charge in [0.25, 0.3) is 5.88 Å². The van der Waals surface area contributed by atoms with Gasteiger partial charge in [-0.05, 0) is 39.7 Å². The van der Waals surface area contributed by atoms with E-state index in [4.69, 9.17) is 19.2 Å². The normalized spacial score (nSPS) is 21.0. The van der Waals surface area contributed by atoms with Crippen LogP contribution in [0.3, 0.4) is 0 Å². The van der Waals surface area contributed by atoms with Gasteiger partial charge in [0, 0.05) is 56.4 Å². The van der Waals surface area contributed by atoms with Crippen LogP contribution in [0.15, 0.2) is 43.0 Å². The number of carbonyl (C=O) groups is 1. The number of nitrogens with one attached hydrogen (secondary N) is 1. The maximum atomic E-state index is 13.1. The van der Waals surface area contributed by atoms with Crippen LogP contribution in [0.1, 0.15) is 51.8 Å². The molecule has 10 nitrogen and oxygen atoms in total. The summed E-state index contributed by atoms with van der Waals surface area (Å²) in [5, 5.41) is 3.07. The third-order valence-corrected chi connectivity index (χ3v) is 6.33. The van der Waals surface area contributed by atoms with Crippen molar-refractivity contribution in [2.75, 3.05) is 33.5 Å². The molecule has 1 aliphatic heterocycles. The number of imidazole rings is 1. The lowest BCUT2D eigenvalue weighted by Gasteiger charge is -2.29. The van der Waals surface area contributed by atoms with Crippen molar-refractivity contribution in [3.8, 4) is 22.9 Å². The Hall–Kier alpha value is -3.66. The predicted molar refractivity (Wildman–Crippen MR) is 141 cm³/mol. The molecule has 2 atom stereocenters. The number of hydrogen-bond donors (Lipinski definition) is 1. The average molecular weight is 509 g/mol. The van der Waals surface area contributed by atoms with E-state index in [1.54, 1.807) is 24.4 Å². The number of urea groups is 1. The summed E-state index contributed by atoms with van der Waals surface area (Å²) in [5.41, 5.74) is 2.77. The Kier molecular flexibility index (Phi) is 8.95. The van der Waals surface area contributed by atoms with Gasteiger partial charge in [0.15, 0.2) is 0 Å². The van der Waals surface area contributed by atoms with Gasteiger partial charge in [-0.15, -0.1) is 0 Å². The monoisotopic (exact) mass is 508 g/mol. The molecule has 0 aliphatic carbocycles. The lowest BCUT2D eigenvalue weighted by Crippen LogP contribution is -2.44. The summed E-state index contributed by atoms with van der Waals surface area (Å²) in [6.07, 6.45) is 13.8. The van der Waals surface area contributed by atoms with Crippen LogP contribution in [0.2, 0.25) is 0 Å². The molecular weight excluding hydrogens is 472 g/mol. The maximum Gasteiger partial charge on any atom is 0.318 e. The van der Waals surface area contributed by atoms with Gasteiger partial charge in [0.1, 0.15) is 5.75 Å². The van der Waals surface area contributed by atoms with Gasteiger partial charge in [-0.1, -0.05) is 12.2 Å². The molecule has 0 spiro atoms. The van der Waals surface area contributed by atoms with Gasteiger partial charge in [-0.3, -0.25) is 4.98 Å². The van der Waals surface area contributed by atoms with Crippen molar-refractivity contribution in [3.05, 3.63) is 48.7 Å². The highest BCUT2D eigenvalue weighted by Crippen LogP contribution is 2.33. The SMILES string of the molecule is CCN1C(=O)N[C@@H](C)/C=C/CCCOCCCOc2nc(cn3ccnc23)-c2cc(ncc2OC)[C@H]1C. The van der Waals surface area contributed by atoms with Crippen LogP contribution < -0.4 is 14.8 Å². The van der Waals surface area contributed by atoms with E-state index in [1.807, 2.05) is 49.7 Å². The summed E-state index contributed by atoms with van der Waals surface area (Å²) >= 11 is 0. The van der Waals surface area contributed by atoms with Crippen molar-refractivity contribution in [1.29, 1.82) is 0 Å². The van der Waals surface area contributed by atoms with Crippen LogP contribution in [0, 0.1) is 0 Å². The molecule has 0 saturated heterocycles. The first-order chi connectivity index (χ1) is 18.0. The number of pyridine rings is 1. The summed E-state index contributed by atoms with van der Waals surface area (Å²) < 4.78 is 19.3. The highest BCUT2D eigenvalue weighted by molar-refractivity contribution is 5.75. The van der Waals surface area contributed by atoms with Gasteiger partial charge in [-0.2, -0.15) is 0 Å². The summed E-state index contributed by atoms with van der Waals surface area (Å²) in [4.78, 5) is 28.7. The minimum Gasteiger partial charge on any atom is -0.494 e. The molecule has 0 aromatic carbocycles. The van der Waals surface area contributed by atoms with Gasteiger partial charge in [0.2, 0.25) is 5.65 Å². The van der Waals surface area contributed by atoms with Gasteiger partial charge >= 0.3 is 6.03 Å². The third-order valence-electron chi connectivity index (χ3n) is 6.33. The van der Waals surface area contributed by atoms with Gasteiger partial charge in [0.05, 0.1) is 37.3 Å². The van der Waals surface area contributed by atoms with E-state index >= 15 is 0 Å². The standard InChI is InChI=1S/C27H36N6O4/c1-5-33-20(3)22-16-21(24(35-4)17-29-22)23-18-32-12-11-28-25(32)26(31-23)37-15-9-14-36-13-8-6-7-10-19(2)30-27(33)34/h7,10-12,16-20H,5-6,8-9,13-15H2,1-4H3,(H,30,34)/b10-7+/t19-,20+/m0/s1. The number of allylic oxidation sites excluding steroid dienone is 1. The summed E-state index contributed by atoms with van der Waals surface area (Å²) in [6.45, 7) is 8.17. The van der Waals surface area contributed by atoms with E-state index in [0.29, 0.717) is 49.3 Å². The average Bonchev–Trinajstić information content (AvgIpc) is 3.38. The van der Waals surface area contributed by atoms with Crippen molar-refractivity contribution in [1.82, 2.24) is 29.6 Å². The predicted octanol–water partition coefficient (Wildman–Crippen LogP) is 4.42. The number of ether oxygens (including phenoxy) is 3. The van der Waals surface area contributed by atoms with Crippen LogP contribution in [0.5, 0.6) is 11.6 Å². The van der Waals surface area contributed by atoms with Gasteiger partial charge in [-0.25, -0.2) is 14.8 Å². The molecular formula is C27H36N6O4. The van der Waals surface area contributed by atoms with Crippen LogP contribution in [-0.2, 0) is 4.74 Å². The minimum atomic E-state index is -0.273. The molecule has 3 aromatic rings. The molecule has 4 heterocycles. The van der Waals surface area contributed by atoms with Crippen molar-refractivity contribution in [2.24, 2.45) is 0 Å². The second kappa shape index (κ2) is 12.5. The number of fused-ring (bicyclic) bond motifs is 7. The Morgan fingerprint density at radius 3 is 2.84 bits per heavy atom. The smallest absolute Gasteiger partial charge is 0.318 e. The molecule has 0 unspecified atom stereocenters. The highest BCUT2D eigenvalue weighted by Gasteiger charge is 2.24. The number of carbonyl (C=O) groups excluding carboxylic acids is 1. The van der Waals surface area contributed by atoms with E-state index < -0.39 is 0 Å². The fourth-order valence-electron chi connectivity index (χ4n) is 4.29. The van der Waals surface area contributed by atoms with Crippen molar-refractivity contribution in [2.45, 2.75) is 52.1 Å².